The number of hydrogen-bond donors (Lipinski definition) is 1. The number of rotatable bonds is 4. The Balaban J connectivity index is 1.87. The number of halogens is 2. The van der Waals surface area contributed by atoms with Crippen LogP contribution in [0.2, 0.25) is 10.0 Å². The van der Waals surface area contributed by atoms with Crippen molar-refractivity contribution in [2.75, 3.05) is 5.32 Å². The first-order valence-corrected chi connectivity index (χ1v) is 8.57. The maximum absolute atomic E-state index is 12.7. The van der Waals surface area contributed by atoms with Crippen molar-refractivity contribution in [2.24, 2.45) is 0 Å². The summed E-state index contributed by atoms with van der Waals surface area (Å²) >= 11 is 12.1. The Labute approximate surface area is 160 Å². The number of aryl methyl sites for hydroxylation is 1. The van der Waals surface area contributed by atoms with Crippen LogP contribution in [0.5, 0.6) is 0 Å². The maximum Gasteiger partial charge on any atom is 0.263 e. The van der Waals surface area contributed by atoms with E-state index in [1.54, 1.807) is 42.7 Å². The zero-order chi connectivity index (χ0) is 18.7. The number of aromatic nitrogens is 2. The first-order chi connectivity index (χ1) is 12.4. The van der Waals surface area contributed by atoms with Gasteiger partial charge < -0.3 is 9.88 Å². The van der Waals surface area contributed by atoms with Gasteiger partial charge in [-0.15, -0.1) is 0 Å². The Hall–Kier alpha value is -2.63. The second-order valence-electron chi connectivity index (χ2n) is 5.76. The normalized spacial score (nSPS) is 10.6. The number of nitrogens with zero attached hydrogens (tertiary/aromatic N) is 2. The van der Waals surface area contributed by atoms with E-state index in [4.69, 9.17) is 23.2 Å². The van der Waals surface area contributed by atoms with Crippen LogP contribution in [-0.2, 0) is 6.54 Å². The van der Waals surface area contributed by atoms with Crippen LogP contribution in [0, 0.1) is 6.92 Å². The number of hydrogen-bond acceptors (Lipinski definition) is 3. The molecule has 0 spiro atoms. The van der Waals surface area contributed by atoms with Crippen LogP contribution < -0.4 is 10.9 Å². The van der Waals surface area contributed by atoms with Crippen molar-refractivity contribution in [1.82, 2.24) is 9.55 Å². The third-order valence-corrected chi connectivity index (χ3v) is 4.36. The minimum absolute atomic E-state index is 0.0286. The van der Waals surface area contributed by atoms with Gasteiger partial charge in [0.25, 0.3) is 11.5 Å². The van der Waals surface area contributed by atoms with Crippen LogP contribution in [-0.4, -0.2) is 15.5 Å². The Morgan fingerprint density at radius 3 is 2.73 bits per heavy atom. The van der Waals surface area contributed by atoms with Gasteiger partial charge in [0.05, 0.1) is 6.54 Å². The monoisotopic (exact) mass is 387 g/mol. The standard InChI is InChI=1S/C19H15Cl2N3O2/c1-12-6-7-22-17(9-12)23-18(25)15-3-2-8-24(19(15)26)11-13-4-5-14(20)10-16(13)21/h2-10H,11H2,1H3,(H,22,23,25). The highest BCUT2D eigenvalue weighted by Gasteiger charge is 2.14. The fourth-order valence-electron chi connectivity index (χ4n) is 2.46. The molecular formula is C19H15Cl2N3O2. The smallest absolute Gasteiger partial charge is 0.263 e. The Kier molecular flexibility index (Phi) is 5.40. The van der Waals surface area contributed by atoms with E-state index in [-0.39, 0.29) is 12.1 Å². The molecule has 0 aliphatic heterocycles. The van der Waals surface area contributed by atoms with E-state index in [0.717, 1.165) is 11.1 Å². The third kappa shape index (κ3) is 4.12. The average molecular weight is 388 g/mol. The molecule has 0 saturated heterocycles. The molecule has 0 aliphatic rings. The largest absolute Gasteiger partial charge is 0.310 e. The van der Waals surface area contributed by atoms with Crippen LogP contribution in [0.15, 0.2) is 59.7 Å². The highest BCUT2D eigenvalue weighted by atomic mass is 35.5. The minimum Gasteiger partial charge on any atom is -0.310 e. The Morgan fingerprint density at radius 1 is 1.19 bits per heavy atom. The highest BCUT2D eigenvalue weighted by molar-refractivity contribution is 6.35. The van der Waals surface area contributed by atoms with Crippen molar-refractivity contribution in [3.63, 3.8) is 0 Å². The summed E-state index contributed by atoms with van der Waals surface area (Å²) in [5.41, 5.74) is 1.30. The van der Waals surface area contributed by atoms with Crippen molar-refractivity contribution in [3.05, 3.63) is 91.9 Å². The fraction of sp³-hybridized carbons (Fsp3) is 0.105. The van der Waals surface area contributed by atoms with Crippen molar-refractivity contribution >= 4 is 34.9 Å². The summed E-state index contributed by atoms with van der Waals surface area (Å²) in [6, 6.07) is 11.7. The Bertz CT molecular complexity index is 1030. The van der Waals surface area contributed by atoms with Crippen molar-refractivity contribution in [2.45, 2.75) is 13.5 Å². The average Bonchev–Trinajstić information content (AvgIpc) is 2.59. The predicted octanol–water partition coefficient (Wildman–Crippen LogP) is 4.16. The molecule has 0 bridgehead atoms. The van der Waals surface area contributed by atoms with Gasteiger partial charge in [0, 0.05) is 22.4 Å². The molecule has 3 rings (SSSR count). The summed E-state index contributed by atoms with van der Waals surface area (Å²) in [4.78, 5) is 29.2. The van der Waals surface area contributed by atoms with E-state index < -0.39 is 11.5 Å². The second kappa shape index (κ2) is 7.72. The zero-order valence-corrected chi connectivity index (χ0v) is 15.4. The zero-order valence-electron chi connectivity index (χ0n) is 13.9. The fourth-order valence-corrected chi connectivity index (χ4v) is 2.92. The minimum atomic E-state index is -0.510. The number of amides is 1. The van der Waals surface area contributed by atoms with E-state index >= 15 is 0 Å². The van der Waals surface area contributed by atoms with Crippen molar-refractivity contribution < 1.29 is 4.79 Å². The predicted molar refractivity (Wildman–Crippen MR) is 103 cm³/mol. The van der Waals surface area contributed by atoms with Gasteiger partial charge in [-0.3, -0.25) is 9.59 Å². The van der Waals surface area contributed by atoms with Gasteiger partial charge in [-0.05, 0) is 54.4 Å². The SMILES string of the molecule is Cc1ccnc(NC(=O)c2cccn(Cc3ccc(Cl)cc3Cl)c2=O)c1. The lowest BCUT2D eigenvalue weighted by molar-refractivity contribution is 0.102. The van der Waals surface area contributed by atoms with Crippen LogP contribution in [0.4, 0.5) is 5.82 Å². The van der Waals surface area contributed by atoms with Gasteiger partial charge in [0.2, 0.25) is 0 Å². The molecule has 0 fully saturated rings. The van der Waals surface area contributed by atoms with Crippen LogP contribution in [0.1, 0.15) is 21.5 Å². The number of anilines is 1. The van der Waals surface area contributed by atoms with Gasteiger partial charge in [-0.2, -0.15) is 0 Å². The van der Waals surface area contributed by atoms with E-state index in [0.29, 0.717) is 15.9 Å². The van der Waals surface area contributed by atoms with Crippen LogP contribution in [0.25, 0.3) is 0 Å². The van der Waals surface area contributed by atoms with Gasteiger partial charge >= 0.3 is 0 Å². The third-order valence-electron chi connectivity index (χ3n) is 3.78. The molecule has 0 aliphatic carbocycles. The molecule has 7 heteroatoms. The lowest BCUT2D eigenvalue weighted by Crippen LogP contribution is -2.29. The lowest BCUT2D eigenvalue weighted by Gasteiger charge is -2.10. The van der Waals surface area contributed by atoms with E-state index in [1.807, 2.05) is 13.0 Å². The number of carbonyl (C=O) groups excluding carboxylic acids is 1. The quantitative estimate of drug-likeness (QED) is 0.730. The second-order valence-corrected chi connectivity index (χ2v) is 6.61. The summed E-state index contributed by atoms with van der Waals surface area (Å²) < 4.78 is 1.42. The molecule has 26 heavy (non-hydrogen) atoms. The molecule has 132 valence electrons. The van der Waals surface area contributed by atoms with Gasteiger partial charge in [0.15, 0.2) is 0 Å². The number of pyridine rings is 2. The molecule has 2 heterocycles. The van der Waals surface area contributed by atoms with E-state index in [9.17, 15) is 9.59 Å². The first-order valence-electron chi connectivity index (χ1n) is 7.81. The van der Waals surface area contributed by atoms with Crippen molar-refractivity contribution in [1.29, 1.82) is 0 Å². The molecular weight excluding hydrogens is 373 g/mol. The maximum atomic E-state index is 12.7. The lowest BCUT2D eigenvalue weighted by atomic mass is 10.2. The summed E-state index contributed by atoms with van der Waals surface area (Å²) in [6.07, 6.45) is 3.20. The van der Waals surface area contributed by atoms with E-state index in [1.165, 1.54) is 10.6 Å². The number of carbonyl (C=O) groups is 1. The molecule has 0 radical (unpaired) electrons. The topological polar surface area (TPSA) is 64.0 Å². The number of benzene rings is 1. The molecule has 1 N–H and O–H groups in total. The van der Waals surface area contributed by atoms with Gasteiger partial charge in [-0.25, -0.2) is 4.98 Å². The molecule has 0 saturated carbocycles. The molecule has 1 aromatic carbocycles. The summed E-state index contributed by atoms with van der Waals surface area (Å²) in [5, 5.41) is 3.62. The van der Waals surface area contributed by atoms with Crippen molar-refractivity contribution in [3.8, 4) is 0 Å². The molecule has 2 aromatic heterocycles. The molecule has 0 atom stereocenters. The number of nitrogens with one attached hydrogen (secondary N) is 1. The summed E-state index contributed by atoms with van der Waals surface area (Å²) in [7, 11) is 0. The van der Waals surface area contributed by atoms with E-state index in [2.05, 4.69) is 10.3 Å². The summed E-state index contributed by atoms with van der Waals surface area (Å²) in [5.74, 6) is -0.116. The molecule has 1 amide bonds. The first kappa shape index (κ1) is 18.2. The molecule has 5 nitrogen and oxygen atoms in total. The summed E-state index contributed by atoms with van der Waals surface area (Å²) in [6.45, 7) is 2.13. The van der Waals surface area contributed by atoms with Crippen LogP contribution >= 0.6 is 23.2 Å². The molecule has 0 unspecified atom stereocenters. The highest BCUT2D eigenvalue weighted by Crippen LogP contribution is 2.21. The van der Waals surface area contributed by atoms with Crippen LogP contribution in [0.3, 0.4) is 0 Å². The Morgan fingerprint density at radius 2 is 2.00 bits per heavy atom. The molecule has 3 aromatic rings. The van der Waals surface area contributed by atoms with Gasteiger partial charge in [-0.1, -0.05) is 29.3 Å². The van der Waals surface area contributed by atoms with Gasteiger partial charge in [0.1, 0.15) is 11.4 Å².